The predicted octanol–water partition coefficient (Wildman–Crippen LogP) is 2.75. The van der Waals surface area contributed by atoms with E-state index in [4.69, 9.17) is 10.5 Å². The Bertz CT molecular complexity index is 569. The van der Waals surface area contributed by atoms with Crippen molar-refractivity contribution in [2.45, 2.75) is 6.04 Å². The normalized spacial score (nSPS) is 13.8. The van der Waals surface area contributed by atoms with E-state index >= 15 is 0 Å². The van der Waals surface area contributed by atoms with E-state index < -0.39 is 10.8 Å². The molecule has 4 heteroatoms. The van der Waals surface area contributed by atoms with Gasteiger partial charge < -0.3 is 10.5 Å². The van der Waals surface area contributed by atoms with Crippen LogP contribution in [0.3, 0.4) is 0 Å². The summed E-state index contributed by atoms with van der Waals surface area (Å²) in [6.07, 6.45) is 0. The van der Waals surface area contributed by atoms with Crippen LogP contribution in [0.15, 0.2) is 54.6 Å². The number of hydrogen-bond acceptors (Lipinski definition) is 3. The molecule has 0 heterocycles. The smallest absolute Gasteiger partial charge is 0.0577 e. The van der Waals surface area contributed by atoms with Gasteiger partial charge in [-0.1, -0.05) is 54.6 Å². The standard InChI is InChI=1S/C17H21NO2S/c1-20-11-12-21(19)13-17(18)16-9-7-15(8-10-16)14-5-3-2-4-6-14/h2-10,17H,11-13,18H2,1H3. The van der Waals surface area contributed by atoms with Crippen molar-refractivity contribution in [2.24, 2.45) is 5.73 Å². The highest BCUT2D eigenvalue weighted by molar-refractivity contribution is 7.85. The minimum absolute atomic E-state index is 0.201. The molecule has 0 aliphatic carbocycles. The molecular formula is C17H21NO2S. The molecule has 0 aliphatic heterocycles. The molecule has 2 aromatic carbocycles. The first-order chi connectivity index (χ1) is 10.2. The Morgan fingerprint density at radius 3 is 2.29 bits per heavy atom. The number of ether oxygens (including phenoxy) is 1. The van der Waals surface area contributed by atoms with E-state index in [9.17, 15) is 4.21 Å². The highest BCUT2D eigenvalue weighted by atomic mass is 32.2. The highest BCUT2D eigenvalue weighted by Gasteiger charge is 2.10. The van der Waals surface area contributed by atoms with Crippen LogP contribution in [0.5, 0.6) is 0 Å². The van der Waals surface area contributed by atoms with Crippen molar-refractivity contribution in [2.75, 3.05) is 25.2 Å². The van der Waals surface area contributed by atoms with Gasteiger partial charge in [0.15, 0.2) is 0 Å². The Kier molecular flexibility index (Phi) is 6.11. The Labute approximate surface area is 128 Å². The second kappa shape index (κ2) is 8.08. The number of nitrogens with two attached hydrogens (primary N) is 1. The van der Waals surface area contributed by atoms with E-state index in [0.717, 1.165) is 11.1 Å². The molecule has 0 spiro atoms. The fourth-order valence-corrected chi connectivity index (χ4v) is 3.22. The lowest BCUT2D eigenvalue weighted by atomic mass is 10.0. The molecule has 3 nitrogen and oxygen atoms in total. The number of hydrogen-bond donors (Lipinski definition) is 1. The van der Waals surface area contributed by atoms with Crippen LogP contribution < -0.4 is 5.73 Å². The molecule has 2 N–H and O–H groups in total. The molecule has 0 amide bonds. The molecule has 2 unspecified atom stereocenters. The maximum atomic E-state index is 11.8. The maximum Gasteiger partial charge on any atom is 0.0577 e. The van der Waals surface area contributed by atoms with Crippen molar-refractivity contribution in [1.29, 1.82) is 0 Å². The fourth-order valence-electron chi connectivity index (χ4n) is 2.11. The van der Waals surface area contributed by atoms with Gasteiger partial charge in [0.2, 0.25) is 0 Å². The van der Waals surface area contributed by atoms with Crippen molar-refractivity contribution in [3.63, 3.8) is 0 Å². The van der Waals surface area contributed by atoms with Gasteiger partial charge in [0.1, 0.15) is 0 Å². The molecule has 0 fully saturated rings. The summed E-state index contributed by atoms with van der Waals surface area (Å²) >= 11 is 0. The van der Waals surface area contributed by atoms with Crippen LogP contribution in [0, 0.1) is 0 Å². The molecule has 112 valence electrons. The third-order valence-electron chi connectivity index (χ3n) is 3.33. The van der Waals surface area contributed by atoms with Gasteiger partial charge >= 0.3 is 0 Å². The number of benzene rings is 2. The lowest BCUT2D eigenvalue weighted by Gasteiger charge is -2.12. The van der Waals surface area contributed by atoms with Crippen LogP contribution >= 0.6 is 0 Å². The summed E-state index contributed by atoms with van der Waals surface area (Å²) in [5, 5.41) is 0. The summed E-state index contributed by atoms with van der Waals surface area (Å²) in [5.41, 5.74) is 9.48. The second-order valence-corrected chi connectivity index (χ2v) is 6.52. The molecule has 0 radical (unpaired) electrons. The summed E-state index contributed by atoms with van der Waals surface area (Å²) in [4.78, 5) is 0. The second-order valence-electron chi connectivity index (χ2n) is 4.90. The summed E-state index contributed by atoms with van der Waals surface area (Å²) in [6, 6.07) is 18.1. The minimum Gasteiger partial charge on any atom is -0.384 e. The van der Waals surface area contributed by atoms with Gasteiger partial charge in [-0.2, -0.15) is 0 Å². The lowest BCUT2D eigenvalue weighted by Crippen LogP contribution is -2.20. The molecule has 0 aliphatic rings. The van der Waals surface area contributed by atoms with Gasteiger partial charge in [-0.3, -0.25) is 4.21 Å². The third kappa shape index (κ3) is 4.77. The van der Waals surface area contributed by atoms with E-state index in [0.29, 0.717) is 18.1 Å². The summed E-state index contributed by atoms with van der Waals surface area (Å²) in [7, 11) is 0.669. The molecule has 2 atom stereocenters. The van der Waals surface area contributed by atoms with Crippen LogP contribution in [-0.2, 0) is 15.5 Å². The first kappa shape index (κ1) is 15.9. The molecule has 2 rings (SSSR count). The maximum absolute atomic E-state index is 11.8. The SMILES string of the molecule is COCCS(=O)CC(N)c1ccc(-c2ccccc2)cc1. The summed E-state index contributed by atoms with van der Waals surface area (Å²) < 4.78 is 16.8. The van der Waals surface area contributed by atoms with Crippen molar-refractivity contribution < 1.29 is 8.95 Å². The number of methoxy groups -OCH3 is 1. The van der Waals surface area contributed by atoms with E-state index in [-0.39, 0.29) is 6.04 Å². The van der Waals surface area contributed by atoms with Gasteiger partial charge in [0.05, 0.1) is 6.61 Å². The van der Waals surface area contributed by atoms with E-state index in [1.807, 2.05) is 30.3 Å². The Balaban J connectivity index is 2.00. The zero-order chi connectivity index (χ0) is 15.1. The zero-order valence-corrected chi connectivity index (χ0v) is 13.0. The van der Waals surface area contributed by atoms with Gasteiger partial charge in [-0.15, -0.1) is 0 Å². The summed E-state index contributed by atoms with van der Waals surface area (Å²) in [6.45, 7) is 0.506. The van der Waals surface area contributed by atoms with Crippen molar-refractivity contribution in [1.82, 2.24) is 0 Å². The van der Waals surface area contributed by atoms with Gasteiger partial charge in [-0.05, 0) is 16.7 Å². The Morgan fingerprint density at radius 2 is 1.67 bits per heavy atom. The predicted molar refractivity (Wildman–Crippen MR) is 88.6 cm³/mol. The minimum atomic E-state index is -0.942. The van der Waals surface area contributed by atoms with Gasteiger partial charge in [0, 0.05) is 35.5 Å². The van der Waals surface area contributed by atoms with E-state index in [1.165, 1.54) is 5.56 Å². The van der Waals surface area contributed by atoms with E-state index in [2.05, 4.69) is 24.3 Å². The average molecular weight is 303 g/mol. The molecule has 2 aromatic rings. The first-order valence-electron chi connectivity index (χ1n) is 6.95. The molecule has 0 bridgehead atoms. The topological polar surface area (TPSA) is 52.3 Å². The Hall–Kier alpha value is -1.49. The molecular weight excluding hydrogens is 282 g/mol. The zero-order valence-electron chi connectivity index (χ0n) is 12.2. The number of rotatable bonds is 7. The molecule has 0 saturated heterocycles. The third-order valence-corrected chi connectivity index (χ3v) is 4.68. The highest BCUT2D eigenvalue weighted by Crippen LogP contribution is 2.21. The Morgan fingerprint density at radius 1 is 1.05 bits per heavy atom. The van der Waals surface area contributed by atoms with Gasteiger partial charge in [-0.25, -0.2) is 0 Å². The van der Waals surface area contributed by atoms with Crippen molar-refractivity contribution in [3.05, 3.63) is 60.2 Å². The van der Waals surface area contributed by atoms with Crippen molar-refractivity contribution >= 4 is 10.8 Å². The summed E-state index contributed by atoms with van der Waals surface area (Å²) in [5.74, 6) is 1.00. The largest absolute Gasteiger partial charge is 0.384 e. The van der Waals surface area contributed by atoms with Crippen molar-refractivity contribution in [3.8, 4) is 11.1 Å². The molecule has 0 aromatic heterocycles. The first-order valence-corrected chi connectivity index (χ1v) is 8.44. The van der Waals surface area contributed by atoms with Crippen LogP contribution in [0.25, 0.3) is 11.1 Å². The van der Waals surface area contributed by atoms with Crippen LogP contribution in [0.2, 0.25) is 0 Å². The monoisotopic (exact) mass is 303 g/mol. The molecule has 21 heavy (non-hydrogen) atoms. The fraction of sp³-hybridized carbons (Fsp3) is 0.294. The average Bonchev–Trinajstić information content (AvgIpc) is 2.54. The van der Waals surface area contributed by atoms with Crippen LogP contribution in [0.4, 0.5) is 0 Å². The van der Waals surface area contributed by atoms with Crippen LogP contribution in [-0.4, -0.2) is 29.4 Å². The molecule has 0 saturated carbocycles. The van der Waals surface area contributed by atoms with Crippen LogP contribution in [0.1, 0.15) is 11.6 Å². The van der Waals surface area contributed by atoms with Gasteiger partial charge in [0.25, 0.3) is 0 Å². The quantitative estimate of drug-likeness (QED) is 0.855. The lowest BCUT2D eigenvalue weighted by molar-refractivity contribution is 0.218. The van der Waals surface area contributed by atoms with E-state index in [1.54, 1.807) is 7.11 Å².